The first-order chi connectivity index (χ1) is 29.1. The lowest BCUT2D eigenvalue weighted by Crippen LogP contribution is -2.48. The van der Waals surface area contributed by atoms with E-state index in [1.807, 2.05) is 0 Å². The van der Waals surface area contributed by atoms with Crippen molar-refractivity contribution in [2.24, 2.45) is 17.8 Å². The lowest BCUT2D eigenvalue weighted by Gasteiger charge is -2.57. The van der Waals surface area contributed by atoms with E-state index >= 15 is 0 Å². The number of fused-ring (bicyclic) bond motifs is 3. The summed E-state index contributed by atoms with van der Waals surface area (Å²) in [4.78, 5) is 16.0. The van der Waals surface area contributed by atoms with Gasteiger partial charge < -0.3 is 4.57 Å². The zero-order chi connectivity index (χ0) is 38.9. The van der Waals surface area contributed by atoms with Crippen molar-refractivity contribution in [3.8, 4) is 62.1 Å². The molecule has 4 nitrogen and oxygen atoms in total. The van der Waals surface area contributed by atoms with Crippen LogP contribution in [0.1, 0.15) is 44.1 Å². The number of nitrogens with zero attached hydrogens (tertiary/aromatic N) is 4. The third-order valence-electron chi connectivity index (χ3n) is 13.8. The van der Waals surface area contributed by atoms with Crippen LogP contribution in [0.4, 0.5) is 0 Å². The zero-order valence-corrected chi connectivity index (χ0v) is 33.0. The average Bonchev–Trinajstić information content (AvgIpc) is 3.63. The van der Waals surface area contributed by atoms with Crippen LogP contribution >= 0.6 is 0 Å². The molecular formula is C55H44N4. The molecule has 4 saturated carbocycles. The highest BCUT2D eigenvalue weighted by Gasteiger charge is 2.51. The predicted molar refractivity (Wildman–Crippen MR) is 241 cm³/mol. The third-order valence-corrected chi connectivity index (χ3v) is 13.8. The highest BCUT2D eigenvalue weighted by Crippen LogP contribution is 2.60. The standard InChI is InChI=1S/C55H44N4/c1-4-12-39(13-5-1)42-22-27-48(49(31-42)40-14-6-2-7-15-40)54-57-52(41-20-24-44(25-21-41)55-33-36-28-37(34-55)30-38(29-36)35-55)56-53(58-54)43-23-26-47-46-18-10-11-19-50(46)59(51(47)32-43)45-16-8-3-9-17-45/h1-27,31-32,36-38H,28-30,33-35H2. The first-order valence-corrected chi connectivity index (χ1v) is 21.4. The second kappa shape index (κ2) is 13.7. The molecule has 0 N–H and O–H groups in total. The summed E-state index contributed by atoms with van der Waals surface area (Å²) < 4.78 is 2.36. The quantitative estimate of drug-likeness (QED) is 0.162. The van der Waals surface area contributed by atoms with Crippen LogP contribution in [0.5, 0.6) is 0 Å². The van der Waals surface area contributed by atoms with E-state index in [9.17, 15) is 0 Å². The molecule has 2 heterocycles. The highest BCUT2D eigenvalue weighted by atomic mass is 15.0. The highest BCUT2D eigenvalue weighted by molar-refractivity contribution is 6.10. The summed E-state index contributed by atoms with van der Waals surface area (Å²) in [7, 11) is 0. The summed E-state index contributed by atoms with van der Waals surface area (Å²) in [6, 6.07) is 63.2. The average molecular weight is 761 g/mol. The van der Waals surface area contributed by atoms with Crippen LogP contribution in [0.3, 0.4) is 0 Å². The van der Waals surface area contributed by atoms with Crippen LogP contribution in [-0.4, -0.2) is 19.5 Å². The summed E-state index contributed by atoms with van der Waals surface area (Å²) >= 11 is 0. The minimum atomic E-state index is 0.334. The molecule has 4 aliphatic rings. The van der Waals surface area contributed by atoms with E-state index in [2.05, 4.69) is 180 Å². The zero-order valence-electron chi connectivity index (χ0n) is 33.0. The summed E-state index contributed by atoms with van der Waals surface area (Å²) in [6.45, 7) is 0. The van der Waals surface area contributed by atoms with Crippen LogP contribution in [0.15, 0.2) is 176 Å². The van der Waals surface area contributed by atoms with Crippen molar-refractivity contribution < 1.29 is 0 Å². The van der Waals surface area contributed by atoms with Crippen LogP contribution in [0.2, 0.25) is 0 Å². The van der Waals surface area contributed by atoms with E-state index in [4.69, 9.17) is 15.0 Å². The van der Waals surface area contributed by atoms with E-state index in [-0.39, 0.29) is 0 Å². The molecule has 4 aliphatic carbocycles. The molecule has 0 aliphatic heterocycles. The van der Waals surface area contributed by atoms with Crippen molar-refractivity contribution >= 4 is 21.8 Å². The molecule has 4 heteroatoms. The van der Waals surface area contributed by atoms with Crippen molar-refractivity contribution in [1.82, 2.24) is 19.5 Å². The Labute approximate surface area is 345 Å². The van der Waals surface area contributed by atoms with E-state index in [1.165, 1.54) is 65.9 Å². The van der Waals surface area contributed by atoms with Crippen LogP contribution < -0.4 is 0 Å². The molecule has 7 aromatic carbocycles. The van der Waals surface area contributed by atoms with Gasteiger partial charge in [-0.25, -0.2) is 15.0 Å². The minimum Gasteiger partial charge on any atom is -0.309 e. The van der Waals surface area contributed by atoms with Crippen molar-refractivity contribution in [3.63, 3.8) is 0 Å². The van der Waals surface area contributed by atoms with Gasteiger partial charge in [0.15, 0.2) is 17.5 Å². The molecule has 2 aromatic heterocycles. The molecule has 0 saturated heterocycles. The lowest BCUT2D eigenvalue weighted by molar-refractivity contribution is -0.00518. The lowest BCUT2D eigenvalue weighted by atomic mass is 9.48. The molecule has 0 unspecified atom stereocenters. The molecule has 4 fully saturated rings. The van der Waals surface area contributed by atoms with Gasteiger partial charge in [-0.05, 0) is 126 Å². The maximum absolute atomic E-state index is 5.36. The Bertz CT molecular complexity index is 2970. The summed E-state index contributed by atoms with van der Waals surface area (Å²) in [5, 5.41) is 2.42. The van der Waals surface area contributed by atoms with Gasteiger partial charge in [-0.3, -0.25) is 0 Å². The fourth-order valence-corrected chi connectivity index (χ4v) is 11.6. The van der Waals surface area contributed by atoms with Gasteiger partial charge in [0, 0.05) is 33.2 Å². The fraction of sp³-hybridized carbons (Fsp3) is 0.182. The molecule has 59 heavy (non-hydrogen) atoms. The van der Waals surface area contributed by atoms with Crippen LogP contribution in [-0.2, 0) is 5.41 Å². The Hall–Kier alpha value is -6.65. The molecule has 13 rings (SSSR count). The molecule has 4 bridgehead atoms. The number of hydrogen-bond acceptors (Lipinski definition) is 3. The molecule has 0 amide bonds. The number of benzene rings is 7. The first kappa shape index (κ1) is 34.4. The predicted octanol–water partition coefficient (Wildman–Crippen LogP) is 13.8. The van der Waals surface area contributed by atoms with E-state index < -0.39 is 0 Å². The number of hydrogen-bond donors (Lipinski definition) is 0. The van der Waals surface area contributed by atoms with E-state index in [1.54, 1.807) is 0 Å². The molecule has 0 radical (unpaired) electrons. The second-order valence-electron chi connectivity index (χ2n) is 17.5. The van der Waals surface area contributed by atoms with Crippen LogP contribution in [0.25, 0.3) is 83.9 Å². The van der Waals surface area contributed by atoms with Gasteiger partial charge in [0.25, 0.3) is 0 Å². The Morgan fingerprint density at radius 3 is 1.63 bits per heavy atom. The van der Waals surface area contributed by atoms with Crippen molar-refractivity contribution in [3.05, 3.63) is 181 Å². The monoisotopic (exact) mass is 760 g/mol. The van der Waals surface area contributed by atoms with Gasteiger partial charge in [0.1, 0.15) is 0 Å². The van der Waals surface area contributed by atoms with Gasteiger partial charge in [0.2, 0.25) is 0 Å². The fourth-order valence-electron chi connectivity index (χ4n) is 11.6. The van der Waals surface area contributed by atoms with E-state index in [0.29, 0.717) is 22.9 Å². The van der Waals surface area contributed by atoms with Gasteiger partial charge >= 0.3 is 0 Å². The third kappa shape index (κ3) is 5.92. The summed E-state index contributed by atoms with van der Waals surface area (Å²) in [5.74, 6) is 4.72. The van der Waals surface area contributed by atoms with Gasteiger partial charge in [-0.15, -0.1) is 0 Å². The Morgan fingerprint density at radius 1 is 0.390 bits per heavy atom. The Morgan fingerprint density at radius 2 is 0.932 bits per heavy atom. The second-order valence-corrected chi connectivity index (χ2v) is 17.5. The Kier molecular flexibility index (Phi) is 8.01. The largest absolute Gasteiger partial charge is 0.309 e. The molecule has 284 valence electrons. The van der Waals surface area contributed by atoms with Gasteiger partial charge in [-0.2, -0.15) is 0 Å². The Balaban J connectivity index is 1.04. The maximum Gasteiger partial charge on any atom is 0.164 e. The van der Waals surface area contributed by atoms with E-state index in [0.717, 1.165) is 62.3 Å². The van der Waals surface area contributed by atoms with Gasteiger partial charge in [0.05, 0.1) is 11.0 Å². The molecule has 0 atom stereocenters. The molecule has 9 aromatic rings. The summed E-state index contributed by atoms with van der Waals surface area (Å²) in [6.07, 6.45) is 8.39. The van der Waals surface area contributed by atoms with Gasteiger partial charge in [-0.1, -0.05) is 140 Å². The minimum absolute atomic E-state index is 0.334. The summed E-state index contributed by atoms with van der Waals surface area (Å²) in [5.41, 5.74) is 12.8. The van der Waals surface area contributed by atoms with Crippen molar-refractivity contribution in [1.29, 1.82) is 0 Å². The van der Waals surface area contributed by atoms with Crippen LogP contribution in [0, 0.1) is 17.8 Å². The number of aromatic nitrogens is 4. The normalized spacial score (nSPS) is 20.7. The number of rotatable bonds is 7. The van der Waals surface area contributed by atoms with Crippen molar-refractivity contribution in [2.45, 2.75) is 43.9 Å². The molecule has 0 spiro atoms. The van der Waals surface area contributed by atoms with Crippen molar-refractivity contribution in [2.75, 3.05) is 0 Å². The maximum atomic E-state index is 5.36. The topological polar surface area (TPSA) is 43.6 Å². The number of para-hydroxylation sites is 2. The smallest absolute Gasteiger partial charge is 0.164 e. The molecular weight excluding hydrogens is 717 g/mol. The first-order valence-electron chi connectivity index (χ1n) is 21.4. The SMILES string of the molecule is c1ccc(-c2ccc(-c3nc(-c4ccc(C56CC7CC(CC(C7)C5)C6)cc4)nc(-c4ccc5c6ccccc6n(-c6ccccc6)c5c4)n3)c(-c3ccccc3)c2)cc1.